The van der Waals surface area contributed by atoms with Gasteiger partial charge in [0.25, 0.3) is 0 Å². The smallest absolute Gasteiger partial charge is 0.243 e. The van der Waals surface area contributed by atoms with Gasteiger partial charge in [-0.25, -0.2) is 8.42 Å². The van der Waals surface area contributed by atoms with E-state index in [9.17, 15) is 8.42 Å². The molecule has 2 bridgehead atoms. The van der Waals surface area contributed by atoms with Gasteiger partial charge in [-0.3, -0.25) is 0 Å². The average Bonchev–Trinajstić information content (AvgIpc) is 2.84. The third-order valence-corrected chi connectivity index (χ3v) is 6.92. The van der Waals surface area contributed by atoms with Crippen LogP contribution in [0.1, 0.15) is 44.2 Å². The molecule has 2 aliphatic heterocycles. The number of halogens is 1. The third kappa shape index (κ3) is 3.73. The van der Waals surface area contributed by atoms with Crippen LogP contribution in [0.15, 0.2) is 23.1 Å². The summed E-state index contributed by atoms with van der Waals surface area (Å²) in [6.07, 6.45) is 5.01. The molecule has 1 N–H and O–H groups in total. The Labute approximate surface area is 146 Å². The highest BCUT2D eigenvalue weighted by Gasteiger charge is 2.35. The Morgan fingerprint density at radius 2 is 1.78 bits per heavy atom. The Bertz CT molecular complexity index is 648. The Morgan fingerprint density at radius 1 is 1.09 bits per heavy atom. The monoisotopic (exact) mass is 358 g/mol. The number of rotatable bonds is 4. The van der Waals surface area contributed by atoms with Crippen molar-refractivity contribution in [2.75, 3.05) is 13.1 Å². The van der Waals surface area contributed by atoms with Crippen molar-refractivity contribution in [3.05, 3.63) is 29.3 Å². The van der Waals surface area contributed by atoms with Gasteiger partial charge in [0.2, 0.25) is 10.0 Å². The SMILES string of the molecule is CCc1ccc(S(=O)(=O)N2CCC3CCC(C2)N3)cc1CC.Cl. The lowest BCUT2D eigenvalue weighted by molar-refractivity contribution is 0.383. The molecule has 0 amide bonds. The van der Waals surface area contributed by atoms with E-state index in [0.29, 0.717) is 30.1 Å². The predicted molar refractivity (Wildman–Crippen MR) is 95.8 cm³/mol. The molecule has 23 heavy (non-hydrogen) atoms. The van der Waals surface area contributed by atoms with Crippen molar-refractivity contribution in [1.29, 1.82) is 0 Å². The van der Waals surface area contributed by atoms with Gasteiger partial charge in [0.05, 0.1) is 4.90 Å². The minimum absolute atomic E-state index is 0. The van der Waals surface area contributed by atoms with Gasteiger partial charge in [-0.05, 0) is 55.4 Å². The Hall–Kier alpha value is -0.620. The molecular formula is C17H27ClN2O2S. The molecule has 130 valence electrons. The lowest BCUT2D eigenvalue weighted by atomic mass is 10.0. The van der Waals surface area contributed by atoms with E-state index in [1.165, 1.54) is 12.0 Å². The second-order valence-corrected chi connectivity index (χ2v) is 8.37. The molecule has 2 aliphatic rings. The van der Waals surface area contributed by atoms with E-state index in [2.05, 4.69) is 19.2 Å². The topological polar surface area (TPSA) is 49.4 Å². The number of nitrogens with one attached hydrogen (secondary N) is 1. The zero-order chi connectivity index (χ0) is 15.7. The van der Waals surface area contributed by atoms with Crippen LogP contribution in [0.3, 0.4) is 0 Å². The molecule has 2 unspecified atom stereocenters. The molecule has 0 aliphatic carbocycles. The van der Waals surface area contributed by atoms with Crippen molar-refractivity contribution in [3.8, 4) is 0 Å². The molecule has 3 rings (SSSR count). The van der Waals surface area contributed by atoms with Crippen LogP contribution in [0.25, 0.3) is 0 Å². The van der Waals surface area contributed by atoms with Crippen LogP contribution in [-0.2, 0) is 22.9 Å². The molecule has 0 radical (unpaired) electrons. The molecule has 0 saturated carbocycles. The summed E-state index contributed by atoms with van der Waals surface area (Å²) in [5, 5.41) is 3.54. The summed E-state index contributed by atoms with van der Waals surface area (Å²) in [5.41, 5.74) is 2.40. The number of nitrogens with zero attached hydrogens (tertiary/aromatic N) is 1. The number of benzene rings is 1. The summed E-state index contributed by atoms with van der Waals surface area (Å²) in [6.45, 7) is 5.43. The maximum atomic E-state index is 13.0. The molecule has 4 nitrogen and oxygen atoms in total. The van der Waals surface area contributed by atoms with Gasteiger partial charge in [-0.15, -0.1) is 12.4 Å². The van der Waals surface area contributed by atoms with Crippen molar-refractivity contribution < 1.29 is 8.42 Å². The molecule has 6 heteroatoms. The summed E-state index contributed by atoms with van der Waals surface area (Å²) >= 11 is 0. The Balaban J connectivity index is 0.00000192. The van der Waals surface area contributed by atoms with Gasteiger partial charge in [0.15, 0.2) is 0 Å². The lowest BCUT2D eigenvalue weighted by Crippen LogP contribution is -2.39. The molecule has 0 aromatic heterocycles. The first kappa shape index (κ1) is 18.7. The Morgan fingerprint density at radius 3 is 2.48 bits per heavy atom. The molecule has 0 spiro atoms. The second kappa shape index (κ2) is 7.51. The van der Waals surface area contributed by atoms with Crippen molar-refractivity contribution in [3.63, 3.8) is 0 Å². The first-order valence-corrected chi connectivity index (χ1v) is 9.86. The molecular weight excluding hydrogens is 332 g/mol. The normalized spacial score (nSPS) is 25.0. The quantitative estimate of drug-likeness (QED) is 0.900. The number of sulfonamides is 1. The van der Waals surface area contributed by atoms with E-state index >= 15 is 0 Å². The van der Waals surface area contributed by atoms with Gasteiger partial charge >= 0.3 is 0 Å². The first-order valence-electron chi connectivity index (χ1n) is 8.42. The van der Waals surface area contributed by atoms with E-state index in [1.807, 2.05) is 12.1 Å². The fourth-order valence-electron chi connectivity index (χ4n) is 3.72. The Kier molecular flexibility index (Phi) is 6.11. The van der Waals surface area contributed by atoms with Gasteiger partial charge < -0.3 is 5.32 Å². The zero-order valence-corrected chi connectivity index (χ0v) is 15.5. The number of hydrogen-bond donors (Lipinski definition) is 1. The lowest BCUT2D eigenvalue weighted by Gasteiger charge is -2.24. The van der Waals surface area contributed by atoms with Gasteiger partial charge in [-0.1, -0.05) is 19.9 Å². The van der Waals surface area contributed by atoms with Crippen LogP contribution in [0.4, 0.5) is 0 Å². The summed E-state index contributed by atoms with van der Waals surface area (Å²) in [5.74, 6) is 0. The van der Waals surface area contributed by atoms with Crippen molar-refractivity contribution in [1.82, 2.24) is 9.62 Å². The summed E-state index contributed by atoms with van der Waals surface area (Å²) < 4.78 is 27.6. The fraction of sp³-hybridized carbons (Fsp3) is 0.647. The van der Waals surface area contributed by atoms with Crippen molar-refractivity contribution in [2.45, 2.75) is 62.9 Å². The molecule has 2 saturated heterocycles. The maximum Gasteiger partial charge on any atom is 0.243 e. The standard InChI is InChI=1S/C17H26N2O2S.ClH/c1-3-13-5-8-17(11-14(13)4-2)22(20,21)19-10-9-15-6-7-16(12-19)18-15;/h5,8,11,15-16,18H,3-4,6-7,9-10,12H2,1-2H3;1H. The van der Waals surface area contributed by atoms with Crippen molar-refractivity contribution in [2.24, 2.45) is 0 Å². The second-order valence-electron chi connectivity index (χ2n) is 6.43. The largest absolute Gasteiger partial charge is 0.310 e. The molecule has 2 heterocycles. The van der Waals surface area contributed by atoms with Crippen LogP contribution >= 0.6 is 12.4 Å². The van der Waals surface area contributed by atoms with Crippen LogP contribution in [0.5, 0.6) is 0 Å². The minimum atomic E-state index is -3.37. The van der Waals surface area contributed by atoms with Crippen LogP contribution in [0.2, 0.25) is 0 Å². The summed E-state index contributed by atoms with van der Waals surface area (Å²) in [6, 6.07) is 6.46. The zero-order valence-electron chi connectivity index (χ0n) is 13.9. The van der Waals surface area contributed by atoms with Crippen LogP contribution in [-0.4, -0.2) is 37.9 Å². The highest BCUT2D eigenvalue weighted by Crippen LogP contribution is 2.26. The van der Waals surface area contributed by atoms with Crippen molar-refractivity contribution >= 4 is 22.4 Å². The number of fused-ring (bicyclic) bond motifs is 2. The average molecular weight is 359 g/mol. The van der Waals surface area contributed by atoms with Crippen LogP contribution in [0, 0.1) is 0 Å². The van der Waals surface area contributed by atoms with E-state index < -0.39 is 10.0 Å². The number of aryl methyl sites for hydroxylation is 2. The third-order valence-electron chi connectivity index (χ3n) is 5.06. The van der Waals surface area contributed by atoms with E-state index in [-0.39, 0.29) is 12.4 Å². The summed E-state index contributed by atoms with van der Waals surface area (Å²) in [4.78, 5) is 0.458. The molecule has 1 aromatic rings. The maximum absolute atomic E-state index is 13.0. The molecule has 2 atom stereocenters. The van der Waals surface area contributed by atoms with E-state index in [4.69, 9.17) is 0 Å². The minimum Gasteiger partial charge on any atom is -0.310 e. The van der Waals surface area contributed by atoms with Gasteiger partial charge in [0.1, 0.15) is 0 Å². The summed E-state index contributed by atoms with van der Waals surface area (Å²) in [7, 11) is -3.37. The van der Waals surface area contributed by atoms with E-state index in [1.54, 1.807) is 10.4 Å². The highest BCUT2D eigenvalue weighted by atomic mass is 35.5. The first-order chi connectivity index (χ1) is 10.5. The van der Waals surface area contributed by atoms with Gasteiger partial charge in [-0.2, -0.15) is 4.31 Å². The highest BCUT2D eigenvalue weighted by molar-refractivity contribution is 7.89. The predicted octanol–water partition coefficient (Wildman–Crippen LogP) is 2.75. The van der Waals surface area contributed by atoms with Gasteiger partial charge in [0, 0.05) is 25.2 Å². The molecule has 2 fully saturated rings. The number of hydrogen-bond acceptors (Lipinski definition) is 3. The molecule has 1 aromatic carbocycles. The van der Waals surface area contributed by atoms with E-state index in [0.717, 1.165) is 31.2 Å². The fourth-order valence-corrected chi connectivity index (χ4v) is 5.27. The van der Waals surface area contributed by atoms with Crippen LogP contribution < -0.4 is 5.32 Å².